The molecule has 0 amide bonds. The Bertz CT molecular complexity index is 352. The topological polar surface area (TPSA) is 26.0 Å². The molecule has 1 aromatic carbocycles. The summed E-state index contributed by atoms with van der Waals surface area (Å²) >= 11 is 0. The second-order valence-corrected chi connectivity index (χ2v) is 3.43. The van der Waals surface area contributed by atoms with Crippen LogP contribution in [0.5, 0.6) is 0 Å². The van der Waals surface area contributed by atoms with Crippen molar-refractivity contribution in [3.63, 3.8) is 0 Å². The van der Waals surface area contributed by atoms with Gasteiger partial charge in [-0.2, -0.15) is 0 Å². The fraction of sp³-hybridized carbons (Fsp3) is 0.273. The second kappa shape index (κ2) is 5.83. The fourth-order valence-electron chi connectivity index (χ4n) is 1.28. The van der Waals surface area contributed by atoms with Crippen LogP contribution in [0.15, 0.2) is 30.4 Å². The van der Waals surface area contributed by atoms with Crippen LogP contribution in [0.25, 0.3) is 0 Å². The molecular weight excluding hydrogens is 220 g/mol. The van der Waals surface area contributed by atoms with Gasteiger partial charge in [-0.25, -0.2) is 8.78 Å². The van der Waals surface area contributed by atoms with E-state index in [1.165, 1.54) is 0 Å². The Morgan fingerprint density at radius 1 is 1.47 bits per heavy atom. The first-order valence-corrected chi connectivity index (χ1v) is 4.35. The zero-order chi connectivity index (χ0) is 10.7. The van der Waals surface area contributed by atoms with E-state index in [9.17, 15) is 8.78 Å². The quantitative estimate of drug-likeness (QED) is 0.796. The van der Waals surface area contributed by atoms with Gasteiger partial charge in [0, 0.05) is 11.6 Å². The molecule has 15 heavy (non-hydrogen) atoms. The first-order chi connectivity index (χ1) is 6.50. The van der Waals surface area contributed by atoms with E-state index in [2.05, 4.69) is 6.58 Å². The van der Waals surface area contributed by atoms with Crippen LogP contribution >= 0.6 is 12.4 Å². The van der Waals surface area contributed by atoms with Crippen molar-refractivity contribution in [3.8, 4) is 0 Å². The van der Waals surface area contributed by atoms with Crippen LogP contribution in [-0.4, -0.2) is 0 Å². The SMILES string of the molecule is C=C(C)C[C@H](N)c1cc(F)ccc1F.Cl. The summed E-state index contributed by atoms with van der Waals surface area (Å²) in [5.41, 5.74) is 6.75. The van der Waals surface area contributed by atoms with Crippen LogP contribution in [0.1, 0.15) is 24.9 Å². The van der Waals surface area contributed by atoms with Crippen molar-refractivity contribution in [2.45, 2.75) is 19.4 Å². The monoisotopic (exact) mass is 233 g/mol. The Morgan fingerprint density at radius 2 is 2.07 bits per heavy atom. The summed E-state index contributed by atoms with van der Waals surface area (Å²) in [4.78, 5) is 0. The lowest BCUT2D eigenvalue weighted by Gasteiger charge is -2.12. The van der Waals surface area contributed by atoms with Gasteiger partial charge in [-0.3, -0.25) is 0 Å². The molecule has 0 aromatic heterocycles. The molecule has 0 unspecified atom stereocenters. The predicted molar refractivity (Wildman–Crippen MR) is 60.0 cm³/mol. The molecule has 1 aromatic rings. The average Bonchev–Trinajstić information content (AvgIpc) is 2.08. The smallest absolute Gasteiger partial charge is 0.128 e. The van der Waals surface area contributed by atoms with Crippen LogP contribution in [0.4, 0.5) is 8.78 Å². The minimum atomic E-state index is -0.525. The Kier molecular flexibility index (Phi) is 5.47. The number of nitrogens with two attached hydrogens (primary N) is 1. The molecule has 0 aliphatic rings. The summed E-state index contributed by atoms with van der Waals surface area (Å²) in [6.07, 6.45) is 0.459. The number of benzene rings is 1. The Labute approximate surface area is 94.4 Å². The second-order valence-electron chi connectivity index (χ2n) is 3.43. The maximum absolute atomic E-state index is 13.2. The van der Waals surface area contributed by atoms with E-state index in [-0.39, 0.29) is 18.0 Å². The standard InChI is InChI=1S/C11H13F2N.ClH/c1-7(2)5-11(14)9-6-8(12)3-4-10(9)13;/h3-4,6,11H,1,5,14H2,2H3;1H/t11-;/m0./s1. The molecule has 0 bridgehead atoms. The lowest BCUT2D eigenvalue weighted by Crippen LogP contribution is -2.12. The van der Waals surface area contributed by atoms with E-state index in [4.69, 9.17) is 5.73 Å². The normalized spacial score (nSPS) is 11.7. The third-order valence-corrected chi connectivity index (χ3v) is 1.93. The van der Waals surface area contributed by atoms with Crippen molar-refractivity contribution in [1.29, 1.82) is 0 Å². The van der Waals surface area contributed by atoms with Crippen LogP contribution in [-0.2, 0) is 0 Å². The summed E-state index contributed by atoms with van der Waals surface area (Å²) in [5, 5.41) is 0. The van der Waals surface area contributed by atoms with Crippen molar-refractivity contribution >= 4 is 12.4 Å². The van der Waals surface area contributed by atoms with Gasteiger partial charge in [-0.05, 0) is 31.5 Å². The fourth-order valence-corrected chi connectivity index (χ4v) is 1.28. The highest BCUT2D eigenvalue weighted by molar-refractivity contribution is 5.85. The van der Waals surface area contributed by atoms with Crippen molar-refractivity contribution < 1.29 is 8.78 Å². The first kappa shape index (κ1) is 14.1. The van der Waals surface area contributed by atoms with Crippen molar-refractivity contribution in [1.82, 2.24) is 0 Å². The van der Waals surface area contributed by atoms with Gasteiger partial charge < -0.3 is 5.73 Å². The molecule has 4 heteroatoms. The number of hydrogen-bond donors (Lipinski definition) is 1. The van der Waals surface area contributed by atoms with Crippen molar-refractivity contribution in [3.05, 3.63) is 47.5 Å². The maximum atomic E-state index is 13.2. The molecule has 1 rings (SSSR count). The largest absolute Gasteiger partial charge is 0.324 e. The van der Waals surface area contributed by atoms with Crippen LogP contribution in [0.2, 0.25) is 0 Å². The molecule has 84 valence electrons. The molecule has 0 saturated heterocycles. The zero-order valence-corrected chi connectivity index (χ0v) is 9.28. The third-order valence-electron chi connectivity index (χ3n) is 1.93. The van der Waals surface area contributed by atoms with Crippen LogP contribution in [0, 0.1) is 11.6 Å². The van der Waals surface area contributed by atoms with Gasteiger partial charge in [0.1, 0.15) is 11.6 Å². The van der Waals surface area contributed by atoms with Gasteiger partial charge >= 0.3 is 0 Å². The molecule has 0 aliphatic carbocycles. The van der Waals surface area contributed by atoms with Gasteiger partial charge in [0.2, 0.25) is 0 Å². The van der Waals surface area contributed by atoms with E-state index in [1.54, 1.807) is 6.92 Å². The molecule has 0 radical (unpaired) electrons. The molecule has 0 aliphatic heterocycles. The maximum Gasteiger partial charge on any atom is 0.128 e. The summed E-state index contributed by atoms with van der Waals surface area (Å²) in [7, 11) is 0. The van der Waals surface area contributed by atoms with Gasteiger partial charge in [-0.15, -0.1) is 19.0 Å². The van der Waals surface area contributed by atoms with Gasteiger partial charge in [-0.1, -0.05) is 5.57 Å². The molecule has 0 fully saturated rings. The number of rotatable bonds is 3. The number of halogens is 3. The predicted octanol–water partition coefficient (Wildman–Crippen LogP) is 3.35. The highest BCUT2D eigenvalue weighted by Gasteiger charge is 2.12. The molecule has 0 spiro atoms. The Morgan fingerprint density at radius 3 is 2.60 bits per heavy atom. The zero-order valence-electron chi connectivity index (χ0n) is 8.47. The highest BCUT2D eigenvalue weighted by Crippen LogP contribution is 2.21. The Balaban J connectivity index is 0.00000196. The average molecular weight is 234 g/mol. The molecule has 0 saturated carbocycles. The number of hydrogen-bond acceptors (Lipinski definition) is 1. The van der Waals surface area contributed by atoms with Crippen molar-refractivity contribution in [2.75, 3.05) is 0 Å². The van der Waals surface area contributed by atoms with E-state index in [0.29, 0.717) is 6.42 Å². The lowest BCUT2D eigenvalue weighted by molar-refractivity contribution is 0.560. The van der Waals surface area contributed by atoms with Gasteiger partial charge in [0.15, 0.2) is 0 Å². The highest BCUT2D eigenvalue weighted by atomic mass is 35.5. The van der Waals surface area contributed by atoms with Crippen molar-refractivity contribution in [2.24, 2.45) is 5.73 Å². The van der Waals surface area contributed by atoms with E-state index in [0.717, 1.165) is 23.8 Å². The lowest BCUT2D eigenvalue weighted by atomic mass is 10.0. The molecule has 0 heterocycles. The molecular formula is C11H14ClF2N. The first-order valence-electron chi connectivity index (χ1n) is 4.35. The summed E-state index contributed by atoms with van der Waals surface area (Å²) in [5.74, 6) is -0.946. The minimum absolute atomic E-state index is 0. The summed E-state index contributed by atoms with van der Waals surface area (Å²) in [6.45, 7) is 5.48. The summed E-state index contributed by atoms with van der Waals surface area (Å²) in [6, 6.07) is 2.77. The molecule has 1 nitrogen and oxygen atoms in total. The van der Waals surface area contributed by atoms with E-state index >= 15 is 0 Å². The molecule has 2 N–H and O–H groups in total. The minimum Gasteiger partial charge on any atom is -0.324 e. The van der Waals surface area contributed by atoms with Gasteiger partial charge in [0.05, 0.1) is 0 Å². The van der Waals surface area contributed by atoms with Gasteiger partial charge in [0.25, 0.3) is 0 Å². The van der Waals surface area contributed by atoms with E-state index in [1.807, 2.05) is 0 Å². The molecule has 1 atom stereocenters. The summed E-state index contributed by atoms with van der Waals surface area (Å²) < 4.78 is 26.0. The Hall–Kier alpha value is -0.930. The van der Waals surface area contributed by atoms with Crippen LogP contribution < -0.4 is 5.73 Å². The van der Waals surface area contributed by atoms with Crippen LogP contribution in [0.3, 0.4) is 0 Å². The third kappa shape index (κ3) is 3.98. The van der Waals surface area contributed by atoms with E-state index < -0.39 is 17.7 Å².